The van der Waals surface area contributed by atoms with Crippen LogP contribution in [0.5, 0.6) is 5.75 Å². The van der Waals surface area contributed by atoms with Gasteiger partial charge in [0.25, 0.3) is 0 Å². The van der Waals surface area contributed by atoms with Gasteiger partial charge in [-0.05, 0) is 36.5 Å². The lowest BCUT2D eigenvalue weighted by atomic mass is 10.1. The van der Waals surface area contributed by atoms with Crippen molar-refractivity contribution in [3.05, 3.63) is 76.9 Å². The number of amides is 2. The second-order valence-corrected chi connectivity index (χ2v) is 9.02. The summed E-state index contributed by atoms with van der Waals surface area (Å²) in [6.07, 6.45) is 3.05. The Kier molecular flexibility index (Phi) is 9.04. The minimum atomic E-state index is -0.136. The Balaban J connectivity index is 1.50. The quantitative estimate of drug-likeness (QED) is 0.546. The smallest absolute Gasteiger partial charge is 0.234 e. The fourth-order valence-corrected chi connectivity index (χ4v) is 4.17. The molecule has 0 spiro atoms. The number of hydrogen-bond donors (Lipinski definition) is 2. The number of hydrogen-bond acceptors (Lipinski definition) is 7. The number of benzene rings is 2. The van der Waals surface area contributed by atoms with Crippen LogP contribution in [0, 0.1) is 6.92 Å². The molecule has 0 atom stereocenters. The van der Waals surface area contributed by atoms with Crippen LogP contribution in [0.1, 0.15) is 47.7 Å². The maximum atomic E-state index is 12.6. The van der Waals surface area contributed by atoms with E-state index < -0.39 is 0 Å². The summed E-state index contributed by atoms with van der Waals surface area (Å²) in [5.74, 6) is 1.57. The van der Waals surface area contributed by atoms with Crippen molar-refractivity contribution in [3.8, 4) is 5.75 Å². The molecule has 0 aliphatic carbocycles. The number of carbonyl (C=O) groups excluding carboxylic acids is 2. The molecule has 2 heterocycles. The molecule has 9 nitrogen and oxygen atoms in total. The van der Waals surface area contributed by atoms with Crippen LogP contribution in [0.4, 0.5) is 0 Å². The molecular weight excluding hydrogens is 458 g/mol. The van der Waals surface area contributed by atoms with Gasteiger partial charge in [-0.2, -0.15) is 4.98 Å². The number of nitrogens with zero attached hydrogens (tertiary/aromatic N) is 3. The molecule has 0 saturated carbocycles. The first-order valence-corrected chi connectivity index (χ1v) is 12.4. The van der Waals surface area contributed by atoms with Crippen molar-refractivity contribution in [1.29, 1.82) is 0 Å². The van der Waals surface area contributed by atoms with Crippen LogP contribution < -0.4 is 15.4 Å². The lowest BCUT2D eigenvalue weighted by molar-refractivity contribution is -0.122. The predicted molar refractivity (Wildman–Crippen MR) is 134 cm³/mol. The first kappa shape index (κ1) is 25.4. The van der Waals surface area contributed by atoms with E-state index in [0.29, 0.717) is 38.0 Å². The number of aryl methyl sites for hydroxylation is 1. The molecule has 0 fully saturated rings. The number of rotatable bonds is 6. The van der Waals surface area contributed by atoms with E-state index in [4.69, 9.17) is 9.26 Å². The molecule has 1 aliphatic heterocycles. The minimum Gasteiger partial charge on any atom is -0.493 e. The van der Waals surface area contributed by atoms with Crippen molar-refractivity contribution in [2.24, 2.45) is 0 Å². The minimum absolute atomic E-state index is 0.0138. The van der Waals surface area contributed by atoms with Crippen LogP contribution >= 0.6 is 0 Å². The molecule has 9 heteroatoms. The summed E-state index contributed by atoms with van der Waals surface area (Å²) in [5.41, 5.74) is 2.95. The number of carbonyl (C=O) groups is 2. The number of aromatic nitrogens is 2. The zero-order valence-electron chi connectivity index (χ0n) is 20.7. The monoisotopic (exact) mass is 491 g/mol. The summed E-state index contributed by atoms with van der Waals surface area (Å²) in [6.45, 7) is 4.64. The average molecular weight is 492 g/mol. The molecule has 1 aromatic heterocycles. The summed E-state index contributed by atoms with van der Waals surface area (Å²) in [7, 11) is 0. The van der Waals surface area contributed by atoms with E-state index >= 15 is 0 Å². The number of nitrogens with one attached hydrogen (secondary N) is 2. The highest BCUT2D eigenvalue weighted by Crippen LogP contribution is 2.24. The summed E-state index contributed by atoms with van der Waals surface area (Å²) in [6, 6.07) is 16.0. The van der Waals surface area contributed by atoms with Crippen molar-refractivity contribution in [3.63, 3.8) is 0 Å². The SMILES string of the molecule is Cc1nc(CNC(=O)Cc2ccc3c(c2)CN(Cc2ccccc2)CC(=O)NCCCCCO3)no1. The maximum Gasteiger partial charge on any atom is 0.234 e. The molecule has 4 rings (SSSR count). The van der Waals surface area contributed by atoms with Gasteiger partial charge >= 0.3 is 0 Å². The standard InChI is InChI=1S/C27H33N5O4/c1-20-30-25(31-36-20)16-29-26(33)15-22-10-11-24-23(14-22)18-32(17-21-8-4-2-5-9-21)19-27(34)28-12-6-3-7-13-35-24/h2,4-5,8-11,14H,3,6-7,12-13,15-19H2,1H3,(H,28,34)(H,29,33). The van der Waals surface area contributed by atoms with E-state index in [2.05, 4.69) is 37.8 Å². The molecule has 2 amide bonds. The molecular formula is C27H33N5O4. The molecule has 3 aromatic rings. The third kappa shape index (κ3) is 7.91. The van der Waals surface area contributed by atoms with Crippen LogP contribution in [0.2, 0.25) is 0 Å². The van der Waals surface area contributed by atoms with Gasteiger partial charge < -0.3 is 19.9 Å². The van der Waals surface area contributed by atoms with Gasteiger partial charge in [-0.1, -0.05) is 47.6 Å². The molecule has 2 N–H and O–H groups in total. The Morgan fingerprint density at radius 1 is 1.08 bits per heavy atom. The summed E-state index contributed by atoms with van der Waals surface area (Å²) in [5, 5.41) is 9.67. The second-order valence-electron chi connectivity index (χ2n) is 9.02. The van der Waals surface area contributed by atoms with Crippen molar-refractivity contribution in [2.45, 2.75) is 52.2 Å². The van der Waals surface area contributed by atoms with Crippen LogP contribution in [0.25, 0.3) is 0 Å². The van der Waals surface area contributed by atoms with E-state index in [1.165, 1.54) is 0 Å². The Morgan fingerprint density at radius 3 is 2.75 bits per heavy atom. The summed E-state index contributed by atoms with van der Waals surface area (Å²) in [4.78, 5) is 31.4. The fourth-order valence-electron chi connectivity index (χ4n) is 4.17. The maximum absolute atomic E-state index is 12.6. The molecule has 190 valence electrons. The Hall–Kier alpha value is -3.72. The molecule has 36 heavy (non-hydrogen) atoms. The second kappa shape index (κ2) is 12.8. The lowest BCUT2D eigenvalue weighted by Crippen LogP contribution is -2.37. The van der Waals surface area contributed by atoms with Gasteiger partial charge in [0.2, 0.25) is 17.7 Å². The third-order valence-corrected chi connectivity index (χ3v) is 5.91. The van der Waals surface area contributed by atoms with Gasteiger partial charge in [0, 0.05) is 32.1 Å². The fraction of sp³-hybridized carbons (Fsp3) is 0.407. The first-order chi connectivity index (χ1) is 17.5. The van der Waals surface area contributed by atoms with Crippen molar-refractivity contribution in [1.82, 2.24) is 25.7 Å². The topological polar surface area (TPSA) is 110 Å². The van der Waals surface area contributed by atoms with Crippen LogP contribution in [0.15, 0.2) is 53.1 Å². The molecule has 0 radical (unpaired) electrons. The Labute approximate surface area is 211 Å². The zero-order chi connectivity index (χ0) is 25.2. The summed E-state index contributed by atoms with van der Waals surface area (Å²) >= 11 is 0. The normalized spacial score (nSPS) is 15.4. The predicted octanol–water partition coefficient (Wildman–Crippen LogP) is 2.92. The first-order valence-electron chi connectivity index (χ1n) is 12.4. The molecule has 1 aliphatic rings. The Morgan fingerprint density at radius 2 is 1.94 bits per heavy atom. The van der Waals surface area contributed by atoms with Crippen molar-refractivity contribution < 1.29 is 18.8 Å². The number of ether oxygens (including phenoxy) is 1. The van der Waals surface area contributed by atoms with E-state index in [9.17, 15) is 9.59 Å². The van der Waals surface area contributed by atoms with E-state index in [1.54, 1.807) is 6.92 Å². The van der Waals surface area contributed by atoms with Gasteiger partial charge in [0.1, 0.15) is 5.75 Å². The van der Waals surface area contributed by atoms with E-state index in [0.717, 1.165) is 41.7 Å². The molecule has 0 unspecified atom stereocenters. The van der Waals surface area contributed by atoms with Crippen LogP contribution in [-0.2, 0) is 35.6 Å². The van der Waals surface area contributed by atoms with Gasteiger partial charge in [-0.3, -0.25) is 14.5 Å². The molecule has 2 aromatic carbocycles. The zero-order valence-corrected chi connectivity index (χ0v) is 20.7. The largest absolute Gasteiger partial charge is 0.493 e. The van der Waals surface area contributed by atoms with Crippen LogP contribution in [-0.4, -0.2) is 46.6 Å². The summed E-state index contributed by atoms with van der Waals surface area (Å²) < 4.78 is 11.1. The third-order valence-electron chi connectivity index (χ3n) is 5.91. The molecule has 0 saturated heterocycles. The van der Waals surface area contributed by atoms with Gasteiger partial charge in [-0.25, -0.2) is 0 Å². The highest BCUT2D eigenvalue weighted by atomic mass is 16.5. The molecule has 0 bridgehead atoms. The van der Waals surface area contributed by atoms with Gasteiger partial charge in [-0.15, -0.1) is 0 Å². The highest BCUT2D eigenvalue weighted by molar-refractivity contribution is 5.79. The van der Waals surface area contributed by atoms with Crippen LogP contribution in [0.3, 0.4) is 0 Å². The van der Waals surface area contributed by atoms with E-state index in [1.807, 2.05) is 36.4 Å². The number of fused-ring (bicyclic) bond motifs is 1. The van der Waals surface area contributed by atoms with Gasteiger partial charge in [0.15, 0.2) is 5.82 Å². The van der Waals surface area contributed by atoms with E-state index in [-0.39, 0.29) is 31.3 Å². The lowest BCUT2D eigenvalue weighted by Gasteiger charge is -2.23. The van der Waals surface area contributed by atoms with Crippen molar-refractivity contribution >= 4 is 11.8 Å². The highest BCUT2D eigenvalue weighted by Gasteiger charge is 2.17. The van der Waals surface area contributed by atoms with Gasteiger partial charge in [0.05, 0.1) is 26.1 Å². The average Bonchev–Trinajstić information content (AvgIpc) is 3.29. The Bertz CT molecular complexity index is 1150. The van der Waals surface area contributed by atoms with Crippen molar-refractivity contribution in [2.75, 3.05) is 19.7 Å².